The molecule has 0 spiro atoms. The number of primary amides is 1. The number of likely N-dealkylation sites (tertiary alicyclic amines) is 1. The van der Waals surface area contributed by atoms with Crippen molar-refractivity contribution in [3.8, 4) is 0 Å². The summed E-state index contributed by atoms with van der Waals surface area (Å²) in [5.74, 6) is -2.49. The molecule has 4 aliphatic rings. The highest BCUT2D eigenvalue weighted by molar-refractivity contribution is 8.23. The minimum Gasteiger partial charge on any atom is -0.363 e. The van der Waals surface area contributed by atoms with E-state index in [0.717, 1.165) is 64.2 Å². The minimum absolute atomic E-state index is 0.0654. The Kier molecular flexibility index (Phi) is 10.8. The second-order valence-electron chi connectivity index (χ2n) is 13.1. The first kappa shape index (κ1) is 32.5. The molecule has 3 atom stereocenters. The SMILES string of the molecule is CS(O)(O)CC1(NC(=O)NC(C(=O)N2CCC[C@H]2C(=O)NC(CC2CC2)C(=O)C(N)=O)C2CCCCC2)CCCCC1. The van der Waals surface area contributed by atoms with E-state index >= 15 is 0 Å². The van der Waals surface area contributed by atoms with Gasteiger partial charge in [0.2, 0.25) is 17.6 Å². The molecule has 13 heteroatoms. The average molecular weight is 612 g/mol. The summed E-state index contributed by atoms with van der Waals surface area (Å²) < 4.78 is 20.5. The molecule has 4 rings (SSSR count). The highest BCUT2D eigenvalue weighted by Crippen LogP contribution is 2.42. The summed E-state index contributed by atoms with van der Waals surface area (Å²) in [6, 6.07) is -3.17. The number of nitrogens with two attached hydrogens (primary N) is 1. The van der Waals surface area contributed by atoms with Crippen molar-refractivity contribution in [2.75, 3.05) is 18.6 Å². The van der Waals surface area contributed by atoms with E-state index in [1.165, 1.54) is 11.2 Å². The highest BCUT2D eigenvalue weighted by atomic mass is 32.3. The zero-order valence-corrected chi connectivity index (χ0v) is 25.6. The van der Waals surface area contributed by atoms with Gasteiger partial charge in [-0.1, -0.05) is 51.4 Å². The Morgan fingerprint density at radius 1 is 0.905 bits per heavy atom. The maximum Gasteiger partial charge on any atom is 0.315 e. The molecule has 2 unspecified atom stereocenters. The third kappa shape index (κ3) is 8.82. The quantitative estimate of drug-likeness (QED) is 0.183. The zero-order chi connectivity index (χ0) is 30.5. The van der Waals surface area contributed by atoms with Crippen molar-refractivity contribution in [2.45, 2.75) is 120 Å². The predicted molar refractivity (Wildman–Crippen MR) is 160 cm³/mol. The van der Waals surface area contributed by atoms with E-state index in [-0.39, 0.29) is 23.5 Å². The van der Waals surface area contributed by atoms with Crippen molar-refractivity contribution >= 4 is 40.1 Å². The van der Waals surface area contributed by atoms with Gasteiger partial charge >= 0.3 is 6.03 Å². The van der Waals surface area contributed by atoms with Crippen molar-refractivity contribution in [3.63, 3.8) is 0 Å². The maximum atomic E-state index is 14.1. The molecule has 12 nitrogen and oxygen atoms in total. The van der Waals surface area contributed by atoms with E-state index in [0.29, 0.717) is 38.6 Å². The number of amides is 5. The first-order valence-corrected chi connectivity index (χ1v) is 17.7. The molecular weight excluding hydrogens is 562 g/mol. The molecule has 3 saturated carbocycles. The predicted octanol–water partition coefficient (Wildman–Crippen LogP) is 2.65. The van der Waals surface area contributed by atoms with E-state index in [4.69, 9.17) is 5.73 Å². The molecule has 1 saturated heterocycles. The molecule has 0 aromatic carbocycles. The lowest BCUT2D eigenvalue weighted by Gasteiger charge is -2.44. The van der Waals surface area contributed by atoms with Crippen LogP contribution in [0.15, 0.2) is 0 Å². The highest BCUT2D eigenvalue weighted by Gasteiger charge is 2.43. The van der Waals surface area contributed by atoms with E-state index in [1.807, 2.05) is 0 Å². The van der Waals surface area contributed by atoms with Crippen LogP contribution in [0.25, 0.3) is 0 Å². The molecule has 42 heavy (non-hydrogen) atoms. The molecule has 0 radical (unpaired) electrons. The Morgan fingerprint density at radius 2 is 1.55 bits per heavy atom. The van der Waals surface area contributed by atoms with Crippen LogP contribution in [0.1, 0.15) is 96.3 Å². The third-order valence-corrected chi connectivity index (χ3v) is 10.5. The Bertz CT molecular complexity index is 1020. The van der Waals surface area contributed by atoms with Gasteiger partial charge in [-0.3, -0.25) is 28.3 Å². The second-order valence-corrected chi connectivity index (χ2v) is 15.4. The number of carbonyl (C=O) groups excluding carboxylic acids is 5. The molecule has 7 N–H and O–H groups in total. The second kappa shape index (κ2) is 13.9. The lowest BCUT2D eigenvalue weighted by molar-refractivity contribution is -0.143. The fourth-order valence-electron chi connectivity index (χ4n) is 7.16. The van der Waals surface area contributed by atoms with Crippen LogP contribution < -0.4 is 21.7 Å². The van der Waals surface area contributed by atoms with Crippen LogP contribution >= 0.6 is 10.6 Å². The number of hydrogen-bond donors (Lipinski definition) is 6. The van der Waals surface area contributed by atoms with Crippen molar-refractivity contribution < 1.29 is 33.1 Å². The monoisotopic (exact) mass is 611 g/mol. The first-order valence-electron chi connectivity index (χ1n) is 15.6. The molecule has 0 bridgehead atoms. The molecule has 0 aromatic heterocycles. The van der Waals surface area contributed by atoms with Crippen LogP contribution in [-0.4, -0.2) is 85.8 Å². The van der Waals surface area contributed by atoms with Crippen molar-refractivity contribution in [3.05, 3.63) is 0 Å². The third-order valence-electron chi connectivity index (χ3n) is 9.39. The summed E-state index contributed by atoms with van der Waals surface area (Å²) in [5.41, 5.74) is 4.49. The number of nitrogens with zero attached hydrogens (tertiary/aromatic N) is 1. The number of nitrogens with one attached hydrogen (secondary N) is 3. The number of Topliss-reactive ketones (excluding diaryl/α,β-unsaturated/α-hetero) is 1. The molecule has 5 amide bonds. The van der Waals surface area contributed by atoms with Gasteiger partial charge in [-0.25, -0.2) is 4.79 Å². The fourth-order valence-corrected chi connectivity index (χ4v) is 8.57. The lowest BCUT2D eigenvalue weighted by atomic mass is 9.82. The summed E-state index contributed by atoms with van der Waals surface area (Å²) >= 11 is 0. The van der Waals surface area contributed by atoms with Crippen molar-refractivity contribution in [1.82, 2.24) is 20.9 Å². The van der Waals surface area contributed by atoms with Gasteiger partial charge < -0.3 is 26.6 Å². The normalized spacial score (nSPS) is 24.7. The fraction of sp³-hybridized carbons (Fsp3) is 0.828. The summed E-state index contributed by atoms with van der Waals surface area (Å²) in [5, 5.41) is 8.69. The molecule has 3 aliphatic carbocycles. The zero-order valence-electron chi connectivity index (χ0n) is 24.8. The Hall–Kier alpha value is -2.38. The molecule has 238 valence electrons. The van der Waals surface area contributed by atoms with Gasteiger partial charge in [0.15, 0.2) is 0 Å². The first-order chi connectivity index (χ1) is 19.9. The topological polar surface area (TPSA) is 191 Å². The summed E-state index contributed by atoms with van der Waals surface area (Å²) in [6.07, 6.45) is 13.1. The number of hydrogen-bond acceptors (Lipinski definition) is 7. The van der Waals surface area contributed by atoms with Crippen LogP contribution in [0.5, 0.6) is 0 Å². The van der Waals surface area contributed by atoms with Gasteiger partial charge in [0, 0.05) is 12.8 Å². The summed E-state index contributed by atoms with van der Waals surface area (Å²) in [7, 11) is -2.86. The summed E-state index contributed by atoms with van der Waals surface area (Å²) in [6.45, 7) is 0.348. The van der Waals surface area contributed by atoms with E-state index in [9.17, 15) is 33.1 Å². The van der Waals surface area contributed by atoms with Crippen molar-refractivity contribution in [1.29, 1.82) is 0 Å². The van der Waals surface area contributed by atoms with Crippen molar-refractivity contribution in [2.24, 2.45) is 17.6 Å². The smallest absolute Gasteiger partial charge is 0.315 e. The van der Waals surface area contributed by atoms with Gasteiger partial charge in [-0.05, 0) is 56.8 Å². The van der Waals surface area contributed by atoms with Crippen LogP contribution in [0.3, 0.4) is 0 Å². The number of carbonyl (C=O) groups is 5. The average Bonchev–Trinajstić information content (AvgIpc) is 3.61. The minimum atomic E-state index is -2.86. The largest absolute Gasteiger partial charge is 0.363 e. The van der Waals surface area contributed by atoms with Gasteiger partial charge in [0.1, 0.15) is 12.1 Å². The number of rotatable bonds is 12. The Morgan fingerprint density at radius 3 is 2.14 bits per heavy atom. The molecular formula is C29H49N5O7S. The number of urea groups is 1. The van der Waals surface area contributed by atoms with Gasteiger partial charge in [-0.2, -0.15) is 10.6 Å². The lowest BCUT2D eigenvalue weighted by Crippen LogP contribution is -2.62. The molecule has 0 aromatic rings. The number of ketones is 1. The van der Waals surface area contributed by atoms with E-state index in [2.05, 4.69) is 16.0 Å². The summed E-state index contributed by atoms with van der Waals surface area (Å²) in [4.78, 5) is 66.5. The van der Waals surface area contributed by atoms with Crippen LogP contribution in [0, 0.1) is 11.8 Å². The molecule has 4 fully saturated rings. The van der Waals surface area contributed by atoms with Gasteiger partial charge in [0.05, 0.1) is 17.3 Å². The van der Waals surface area contributed by atoms with E-state index < -0.39 is 57.9 Å². The van der Waals surface area contributed by atoms with E-state index in [1.54, 1.807) is 0 Å². The Labute approximate surface area is 250 Å². The van der Waals surface area contributed by atoms with Gasteiger partial charge in [0.25, 0.3) is 5.91 Å². The van der Waals surface area contributed by atoms with Gasteiger partial charge in [-0.15, -0.1) is 0 Å². The standard InChI is InChI=1S/C29H49N5O7S/c1-42(40,41)18-29(14-6-3-7-15-29)33-28(39)32-23(20-9-4-2-5-10-20)27(38)34-16-8-11-22(34)26(37)31-21(17-19-12-13-19)24(35)25(30)36/h19-23,40-41H,2-18H2,1H3,(H2,30,36)(H,31,37)(H2,32,33,39)/t21?,22-,23?/m0/s1. The van der Waals surface area contributed by atoms with Crippen LogP contribution in [-0.2, 0) is 19.2 Å². The Balaban J connectivity index is 1.48. The molecule has 1 heterocycles. The van der Waals surface area contributed by atoms with Crippen LogP contribution in [0.2, 0.25) is 0 Å². The van der Waals surface area contributed by atoms with Crippen LogP contribution in [0.4, 0.5) is 4.79 Å². The molecule has 1 aliphatic heterocycles. The maximum absolute atomic E-state index is 14.1.